The van der Waals surface area contributed by atoms with Crippen LogP contribution in [0.2, 0.25) is 0 Å². The Morgan fingerprint density at radius 1 is 1.41 bits per heavy atom. The second-order valence-corrected chi connectivity index (χ2v) is 4.83. The summed E-state index contributed by atoms with van der Waals surface area (Å²) < 4.78 is 6.20. The number of aromatic nitrogens is 2. The zero-order valence-corrected chi connectivity index (χ0v) is 9.90. The Bertz CT molecular complexity index is 550. The monoisotopic (exact) mass is 252 g/mol. The fraction of sp³-hybridized carbons (Fsp3) is 0.400. The van der Waals surface area contributed by atoms with Crippen molar-refractivity contribution in [2.45, 2.75) is 0 Å². The summed E-state index contributed by atoms with van der Waals surface area (Å²) in [5.74, 6) is -0.0649. The molecule has 0 amide bonds. The van der Waals surface area contributed by atoms with Gasteiger partial charge in [0.25, 0.3) is 0 Å². The number of aromatic hydroxyl groups is 1. The lowest BCUT2D eigenvalue weighted by Crippen LogP contribution is -2.36. The normalized spacial score (nSPS) is 16.6. The van der Waals surface area contributed by atoms with Gasteiger partial charge < -0.3 is 20.5 Å². The van der Waals surface area contributed by atoms with E-state index >= 15 is 0 Å². The third-order valence-electron chi connectivity index (χ3n) is 2.75. The molecule has 0 bridgehead atoms. The van der Waals surface area contributed by atoms with E-state index in [4.69, 9.17) is 10.5 Å². The average molecular weight is 252 g/mol. The lowest BCUT2D eigenvalue weighted by atomic mass is 10.3. The predicted octanol–water partition coefficient (Wildman–Crippen LogP) is 0.816. The molecule has 17 heavy (non-hydrogen) atoms. The Morgan fingerprint density at radius 3 is 2.94 bits per heavy atom. The van der Waals surface area contributed by atoms with Gasteiger partial charge in [0.05, 0.1) is 29.8 Å². The highest BCUT2D eigenvalue weighted by Crippen LogP contribution is 2.36. The lowest BCUT2D eigenvalue weighted by Gasteiger charge is -2.28. The summed E-state index contributed by atoms with van der Waals surface area (Å²) in [6.07, 6.45) is 1.67. The molecule has 1 aliphatic heterocycles. The van der Waals surface area contributed by atoms with E-state index < -0.39 is 0 Å². The highest BCUT2D eigenvalue weighted by Gasteiger charge is 2.18. The van der Waals surface area contributed by atoms with Gasteiger partial charge in [0.2, 0.25) is 5.88 Å². The molecule has 1 fully saturated rings. The summed E-state index contributed by atoms with van der Waals surface area (Å²) >= 11 is 1.37. The molecule has 0 unspecified atom stereocenters. The fourth-order valence-electron chi connectivity index (χ4n) is 1.93. The van der Waals surface area contributed by atoms with Crippen molar-refractivity contribution in [2.75, 3.05) is 36.9 Å². The molecular formula is C10H12N4O2S. The highest BCUT2D eigenvalue weighted by molar-refractivity contribution is 7.22. The Balaban J connectivity index is 2.12. The van der Waals surface area contributed by atoms with Crippen LogP contribution in [-0.4, -0.2) is 41.4 Å². The minimum atomic E-state index is -0.0649. The largest absolute Gasteiger partial charge is 0.492 e. The van der Waals surface area contributed by atoms with Crippen LogP contribution in [0.5, 0.6) is 5.88 Å². The zero-order chi connectivity index (χ0) is 11.8. The number of pyridine rings is 1. The zero-order valence-electron chi connectivity index (χ0n) is 9.09. The number of hydrogen-bond acceptors (Lipinski definition) is 7. The van der Waals surface area contributed by atoms with E-state index in [9.17, 15) is 5.11 Å². The third kappa shape index (κ3) is 1.77. The van der Waals surface area contributed by atoms with E-state index in [0.29, 0.717) is 23.9 Å². The molecule has 7 heteroatoms. The summed E-state index contributed by atoms with van der Waals surface area (Å²) in [5, 5.41) is 10.1. The molecule has 0 atom stereocenters. The number of rotatable bonds is 1. The Hall–Kier alpha value is -1.60. The maximum Gasteiger partial charge on any atom is 0.239 e. The van der Waals surface area contributed by atoms with Gasteiger partial charge in [-0.25, -0.2) is 9.97 Å². The first kappa shape index (κ1) is 10.5. The summed E-state index contributed by atoms with van der Waals surface area (Å²) in [4.78, 5) is 10.2. The van der Waals surface area contributed by atoms with Crippen LogP contribution in [0.3, 0.4) is 0 Å². The molecule has 3 N–H and O–H groups in total. The fourth-order valence-corrected chi connectivity index (χ4v) is 2.80. The van der Waals surface area contributed by atoms with Crippen molar-refractivity contribution in [3.05, 3.63) is 6.20 Å². The minimum Gasteiger partial charge on any atom is -0.492 e. The van der Waals surface area contributed by atoms with Crippen molar-refractivity contribution in [2.24, 2.45) is 0 Å². The van der Waals surface area contributed by atoms with Crippen molar-refractivity contribution in [3.8, 4) is 5.88 Å². The first-order chi connectivity index (χ1) is 8.25. The van der Waals surface area contributed by atoms with Crippen molar-refractivity contribution in [3.63, 3.8) is 0 Å². The van der Waals surface area contributed by atoms with Crippen LogP contribution >= 0.6 is 11.3 Å². The van der Waals surface area contributed by atoms with Gasteiger partial charge in [-0.05, 0) is 0 Å². The molecule has 0 spiro atoms. The maximum absolute atomic E-state index is 9.64. The highest BCUT2D eigenvalue weighted by atomic mass is 32.1. The number of anilines is 2. The van der Waals surface area contributed by atoms with Gasteiger partial charge >= 0.3 is 0 Å². The molecule has 0 aliphatic carbocycles. The van der Waals surface area contributed by atoms with Crippen molar-refractivity contribution < 1.29 is 9.84 Å². The first-order valence-electron chi connectivity index (χ1n) is 5.32. The van der Waals surface area contributed by atoms with Crippen LogP contribution in [0, 0.1) is 0 Å². The van der Waals surface area contributed by atoms with E-state index in [1.165, 1.54) is 11.3 Å². The Labute approximate surface area is 102 Å². The number of nitrogen functional groups attached to an aromatic ring is 1. The first-order valence-corrected chi connectivity index (χ1v) is 6.14. The number of nitrogens with zero attached hydrogens (tertiary/aromatic N) is 3. The van der Waals surface area contributed by atoms with Crippen molar-refractivity contribution >= 4 is 32.4 Å². The molecule has 6 nitrogen and oxygen atoms in total. The summed E-state index contributed by atoms with van der Waals surface area (Å²) in [7, 11) is 0. The van der Waals surface area contributed by atoms with E-state index in [1.54, 1.807) is 6.20 Å². The van der Waals surface area contributed by atoms with Gasteiger partial charge in [-0.15, -0.1) is 0 Å². The molecule has 2 aromatic heterocycles. The lowest BCUT2D eigenvalue weighted by molar-refractivity contribution is 0.123. The van der Waals surface area contributed by atoms with Crippen molar-refractivity contribution in [1.82, 2.24) is 9.97 Å². The molecular weight excluding hydrogens is 240 g/mol. The molecule has 0 aromatic carbocycles. The molecule has 0 saturated carbocycles. The number of ether oxygens (including phenoxy) is 1. The van der Waals surface area contributed by atoms with E-state index in [1.807, 2.05) is 0 Å². The number of fused-ring (bicyclic) bond motifs is 1. The number of hydrogen-bond donors (Lipinski definition) is 2. The van der Waals surface area contributed by atoms with Gasteiger partial charge in [0, 0.05) is 13.1 Å². The van der Waals surface area contributed by atoms with Crippen LogP contribution in [0.15, 0.2) is 6.20 Å². The van der Waals surface area contributed by atoms with Gasteiger partial charge in [-0.2, -0.15) is 0 Å². The average Bonchev–Trinajstić information content (AvgIpc) is 2.73. The Morgan fingerprint density at radius 2 is 2.18 bits per heavy atom. The molecule has 0 radical (unpaired) electrons. The molecule has 90 valence electrons. The van der Waals surface area contributed by atoms with Crippen LogP contribution in [0.1, 0.15) is 0 Å². The van der Waals surface area contributed by atoms with Crippen molar-refractivity contribution in [1.29, 1.82) is 0 Å². The van der Waals surface area contributed by atoms with Gasteiger partial charge in [0.15, 0.2) is 5.13 Å². The molecule has 1 aliphatic rings. The van der Waals surface area contributed by atoms with Gasteiger partial charge in [-0.1, -0.05) is 11.3 Å². The van der Waals surface area contributed by atoms with Crippen LogP contribution in [0.25, 0.3) is 10.2 Å². The van der Waals surface area contributed by atoms with Gasteiger partial charge in [-0.3, -0.25) is 0 Å². The van der Waals surface area contributed by atoms with E-state index in [2.05, 4.69) is 14.9 Å². The van der Waals surface area contributed by atoms with Crippen LogP contribution in [0.4, 0.5) is 10.8 Å². The second-order valence-electron chi connectivity index (χ2n) is 3.80. The smallest absolute Gasteiger partial charge is 0.239 e. The van der Waals surface area contributed by atoms with E-state index in [-0.39, 0.29) is 5.88 Å². The molecule has 2 aromatic rings. The van der Waals surface area contributed by atoms with Gasteiger partial charge in [0.1, 0.15) is 5.52 Å². The summed E-state index contributed by atoms with van der Waals surface area (Å²) in [6.45, 7) is 3.05. The standard InChI is InChI=1S/C10H12N4O2S/c11-10-13-7-8(17-10)6(5-12-9(7)15)14-1-3-16-4-2-14/h5H,1-4H2,(H2,11,13)(H,12,15). The summed E-state index contributed by atoms with van der Waals surface area (Å²) in [6, 6.07) is 0. The molecule has 1 saturated heterocycles. The number of nitrogens with two attached hydrogens (primary N) is 1. The SMILES string of the molecule is Nc1nc2c(O)ncc(N3CCOCC3)c2s1. The van der Waals surface area contributed by atoms with Crippen LogP contribution < -0.4 is 10.6 Å². The number of thiazole rings is 1. The maximum atomic E-state index is 9.64. The quantitative estimate of drug-likeness (QED) is 0.781. The predicted molar refractivity (Wildman–Crippen MR) is 66.5 cm³/mol. The number of morpholine rings is 1. The Kier molecular flexibility index (Phi) is 2.49. The van der Waals surface area contributed by atoms with E-state index in [0.717, 1.165) is 23.5 Å². The third-order valence-corrected chi connectivity index (χ3v) is 3.66. The molecule has 3 rings (SSSR count). The van der Waals surface area contributed by atoms with Crippen LogP contribution in [-0.2, 0) is 4.74 Å². The molecule has 3 heterocycles. The minimum absolute atomic E-state index is 0.0649. The topological polar surface area (TPSA) is 84.5 Å². The summed E-state index contributed by atoms with van der Waals surface area (Å²) in [5.41, 5.74) is 7.13. The second kappa shape index (κ2) is 4.01.